The highest BCUT2D eigenvalue weighted by atomic mass is 35.5. The monoisotopic (exact) mass is 307 g/mol. The van der Waals surface area contributed by atoms with Crippen molar-refractivity contribution in [3.8, 4) is 0 Å². The maximum atomic E-state index is 12.3. The fraction of sp³-hybridized carbons (Fsp3) is 0.500. The van der Waals surface area contributed by atoms with Gasteiger partial charge in [-0.05, 0) is 31.4 Å². The molecule has 0 radical (unpaired) electrons. The van der Waals surface area contributed by atoms with E-state index in [0.29, 0.717) is 11.6 Å². The molecule has 1 N–H and O–H groups in total. The number of benzene rings is 1. The van der Waals surface area contributed by atoms with Crippen molar-refractivity contribution >= 4 is 17.5 Å². The average molecular weight is 308 g/mol. The Morgan fingerprint density at radius 3 is 2.76 bits per heavy atom. The van der Waals surface area contributed by atoms with Crippen molar-refractivity contribution in [2.24, 2.45) is 5.92 Å². The normalized spacial score (nSPS) is 12.5. The van der Waals surface area contributed by atoms with Crippen molar-refractivity contribution in [3.05, 3.63) is 47.0 Å². The molecule has 1 aromatic rings. The Morgan fingerprint density at radius 2 is 2.10 bits per heavy atom. The van der Waals surface area contributed by atoms with E-state index in [-0.39, 0.29) is 11.8 Å². The maximum Gasteiger partial charge on any atom is 0.223 e. The van der Waals surface area contributed by atoms with Crippen LogP contribution in [0.4, 0.5) is 0 Å². The van der Waals surface area contributed by atoms with Gasteiger partial charge in [0, 0.05) is 17.5 Å². The predicted octanol–water partition coefficient (Wildman–Crippen LogP) is 5.12. The first-order valence-electron chi connectivity index (χ1n) is 7.81. The Balaban J connectivity index is 2.52. The van der Waals surface area contributed by atoms with Crippen LogP contribution in [-0.4, -0.2) is 5.91 Å². The van der Waals surface area contributed by atoms with Gasteiger partial charge in [-0.1, -0.05) is 68.1 Å². The van der Waals surface area contributed by atoms with Crippen LogP contribution in [0.3, 0.4) is 0 Å². The van der Waals surface area contributed by atoms with Crippen LogP contribution in [0.2, 0.25) is 5.02 Å². The van der Waals surface area contributed by atoms with Gasteiger partial charge in [-0.3, -0.25) is 4.79 Å². The number of halogens is 1. The van der Waals surface area contributed by atoms with Gasteiger partial charge in [-0.2, -0.15) is 0 Å². The zero-order chi connectivity index (χ0) is 15.5. The molecule has 0 aliphatic carbocycles. The van der Waals surface area contributed by atoms with E-state index in [4.69, 9.17) is 11.6 Å². The minimum absolute atomic E-state index is 0.0650. The molecule has 0 saturated heterocycles. The molecule has 0 aliphatic heterocycles. The summed E-state index contributed by atoms with van der Waals surface area (Å²) in [6.45, 7) is 4.67. The molecule has 116 valence electrons. The Labute approximate surface area is 133 Å². The summed E-state index contributed by atoms with van der Waals surface area (Å²) >= 11 is 6.11. The fourth-order valence-electron chi connectivity index (χ4n) is 2.27. The average Bonchev–Trinajstić information content (AvgIpc) is 2.49. The second-order valence-corrected chi connectivity index (χ2v) is 5.71. The van der Waals surface area contributed by atoms with Gasteiger partial charge in [-0.15, -0.1) is 0 Å². The first-order valence-corrected chi connectivity index (χ1v) is 8.19. The Bertz CT molecular complexity index is 456. The summed E-state index contributed by atoms with van der Waals surface area (Å²) in [6.07, 6.45) is 9.32. The number of carbonyl (C=O) groups excluding carboxylic acids is 1. The van der Waals surface area contributed by atoms with Gasteiger partial charge in [0.05, 0.1) is 0 Å². The molecule has 1 amide bonds. The second kappa shape index (κ2) is 10.4. The Kier molecular flexibility index (Phi) is 8.84. The van der Waals surface area contributed by atoms with Crippen LogP contribution in [0.25, 0.3) is 0 Å². The molecule has 1 unspecified atom stereocenters. The number of hydrogen-bond donors (Lipinski definition) is 1. The minimum atomic E-state index is 0.0650. The van der Waals surface area contributed by atoms with E-state index in [1.54, 1.807) is 0 Å². The summed E-state index contributed by atoms with van der Waals surface area (Å²) in [6, 6.07) is 7.63. The highest BCUT2D eigenvalue weighted by Gasteiger charge is 2.16. The number of unbranched alkanes of at least 4 members (excludes halogenated alkanes) is 2. The van der Waals surface area contributed by atoms with Crippen LogP contribution < -0.4 is 5.32 Å². The van der Waals surface area contributed by atoms with Gasteiger partial charge in [0.2, 0.25) is 5.91 Å². The van der Waals surface area contributed by atoms with Crippen LogP contribution in [0, 0.1) is 5.92 Å². The van der Waals surface area contributed by atoms with E-state index in [0.717, 1.165) is 24.8 Å². The molecule has 0 saturated carbocycles. The predicted molar refractivity (Wildman–Crippen MR) is 90.4 cm³/mol. The van der Waals surface area contributed by atoms with Crippen molar-refractivity contribution in [3.63, 3.8) is 0 Å². The van der Waals surface area contributed by atoms with Crippen molar-refractivity contribution in [2.75, 3.05) is 0 Å². The summed E-state index contributed by atoms with van der Waals surface area (Å²) in [5, 5.41) is 3.72. The quantitative estimate of drug-likeness (QED) is 0.498. The number of amides is 1. The summed E-state index contributed by atoms with van der Waals surface area (Å²) in [7, 11) is 0. The molecule has 0 aromatic heterocycles. The van der Waals surface area contributed by atoms with E-state index in [1.807, 2.05) is 37.3 Å². The molecule has 2 nitrogen and oxygen atoms in total. The summed E-state index contributed by atoms with van der Waals surface area (Å²) < 4.78 is 0. The first-order chi connectivity index (χ1) is 10.2. The zero-order valence-corrected chi connectivity index (χ0v) is 13.8. The van der Waals surface area contributed by atoms with E-state index in [2.05, 4.69) is 18.3 Å². The van der Waals surface area contributed by atoms with Gasteiger partial charge >= 0.3 is 0 Å². The Hall–Kier alpha value is -1.28. The van der Waals surface area contributed by atoms with E-state index in [1.165, 1.54) is 12.8 Å². The zero-order valence-electron chi connectivity index (χ0n) is 13.1. The number of rotatable bonds is 9. The van der Waals surface area contributed by atoms with Gasteiger partial charge in [0.25, 0.3) is 0 Å². The second-order valence-electron chi connectivity index (χ2n) is 5.31. The lowest BCUT2D eigenvalue weighted by Crippen LogP contribution is -2.30. The third kappa shape index (κ3) is 6.81. The smallest absolute Gasteiger partial charge is 0.223 e. The Morgan fingerprint density at radius 1 is 1.33 bits per heavy atom. The van der Waals surface area contributed by atoms with Crippen molar-refractivity contribution in [1.29, 1.82) is 0 Å². The highest BCUT2D eigenvalue weighted by Crippen LogP contribution is 2.17. The number of nitrogens with one attached hydrogen (secondary N) is 1. The van der Waals surface area contributed by atoms with E-state index in [9.17, 15) is 4.79 Å². The van der Waals surface area contributed by atoms with Crippen molar-refractivity contribution in [1.82, 2.24) is 5.32 Å². The molecule has 0 bridgehead atoms. The van der Waals surface area contributed by atoms with Crippen LogP contribution in [0.1, 0.15) is 51.5 Å². The number of carbonyl (C=O) groups is 1. The maximum absolute atomic E-state index is 12.3. The molecule has 3 heteroatoms. The van der Waals surface area contributed by atoms with Gasteiger partial charge < -0.3 is 5.32 Å². The SMILES string of the molecule is CC=CCC(CCCCC)C(=O)NCc1ccccc1Cl. The molecule has 0 fully saturated rings. The number of hydrogen-bond acceptors (Lipinski definition) is 1. The van der Waals surface area contributed by atoms with Crippen molar-refractivity contribution in [2.45, 2.75) is 52.5 Å². The fourth-order valence-corrected chi connectivity index (χ4v) is 2.47. The van der Waals surface area contributed by atoms with Crippen molar-refractivity contribution < 1.29 is 4.79 Å². The van der Waals surface area contributed by atoms with Gasteiger partial charge in [-0.25, -0.2) is 0 Å². The first kappa shape index (κ1) is 17.8. The molecular weight excluding hydrogens is 282 g/mol. The molecule has 21 heavy (non-hydrogen) atoms. The minimum Gasteiger partial charge on any atom is -0.352 e. The van der Waals surface area contributed by atoms with Crippen LogP contribution in [-0.2, 0) is 11.3 Å². The van der Waals surface area contributed by atoms with Gasteiger partial charge in [0.15, 0.2) is 0 Å². The summed E-state index contributed by atoms with van der Waals surface area (Å²) in [5.41, 5.74) is 0.964. The molecule has 1 atom stereocenters. The molecule has 0 spiro atoms. The summed E-state index contributed by atoms with van der Waals surface area (Å²) in [4.78, 5) is 12.3. The lowest BCUT2D eigenvalue weighted by molar-refractivity contribution is -0.125. The highest BCUT2D eigenvalue weighted by molar-refractivity contribution is 6.31. The third-order valence-electron chi connectivity index (χ3n) is 3.59. The van der Waals surface area contributed by atoms with Gasteiger partial charge in [0.1, 0.15) is 0 Å². The van der Waals surface area contributed by atoms with Crippen LogP contribution >= 0.6 is 11.6 Å². The van der Waals surface area contributed by atoms with E-state index >= 15 is 0 Å². The molecular formula is C18H26ClNO. The molecule has 0 aliphatic rings. The lowest BCUT2D eigenvalue weighted by atomic mass is 9.96. The van der Waals surface area contributed by atoms with E-state index < -0.39 is 0 Å². The molecule has 1 rings (SSSR count). The topological polar surface area (TPSA) is 29.1 Å². The van der Waals surface area contributed by atoms with Crippen LogP contribution in [0.5, 0.6) is 0 Å². The van der Waals surface area contributed by atoms with Crippen LogP contribution in [0.15, 0.2) is 36.4 Å². The largest absolute Gasteiger partial charge is 0.352 e. The molecule has 0 heterocycles. The standard InChI is InChI=1S/C18H26ClNO/c1-3-5-7-11-15(10-6-4-2)18(21)20-14-16-12-8-9-13-17(16)19/h4,6,8-9,12-13,15H,3,5,7,10-11,14H2,1-2H3,(H,20,21). The third-order valence-corrected chi connectivity index (χ3v) is 3.96. The number of allylic oxidation sites excluding steroid dienone is 2. The lowest BCUT2D eigenvalue weighted by Gasteiger charge is -2.15. The summed E-state index contributed by atoms with van der Waals surface area (Å²) in [5.74, 6) is 0.194. The molecule has 1 aromatic carbocycles.